The second-order valence-corrected chi connectivity index (χ2v) is 6.88. The Bertz CT molecular complexity index is 437. The monoisotopic (exact) mass is 292 g/mol. The molecule has 110 valence electrons. The summed E-state index contributed by atoms with van der Waals surface area (Å²) in [5.41, 5.74) is 7.81. The molecule has 2 N–H and O–H groups in total. The van der Waals surface area contributed by atoms with Gasteiger partial charge in [0.15, 0.2) is 0 Å². The van der Waals surface area contributed by atoms with E-state index in [2.05, 4.69) is 24.0 Å². The number of benzene rings is 1. The fraction of sp³-hybridized carbons (Fsp3) is 0.647. The molecule has 0 aliphatic heterocycles. The predicted molar refractivity (Wildman–Crippen MR) is 84.9 cm³/mol. The molecule has 2 aliphatic carbocycles. The van der Waals surface area contributed by atoms with Crippen LogP contribution in [0.4, 0.5) is 0 Å². The molecule has 2 aliphatic rings. The summed E-state index contributed by atoms with van der Waals surface area (Å²) < 4.78 is 0. The fourth-order valence-corrected chi connectivity index (χ4v) is 3.19. The van der Waals surface area contributed by atoms with Crippen molar-refractivity contribution in [2.45, 2.75) is 57.2 Å². The summed E-state index contributed by atoms with van der Waals surface area (Å²) in [6.45, 7) is 3.42. The molecule has 2 fully saturated rings. The maximum absolute atomic E-state index is 6.48. The third kappa shape index (κ3) is 3.36. The smallest absolute Gasteiger partial charge is 0.0502 e. The van der Waals surface area contributed by atoms with Crippen molar-refractivity contribution in [3.8, 4) is 0 Å². The number of hydrogen-bond donors (Lipinski definition) is 1. The topological polar surface area (TPSA) is 29.3 Å². The van der Waals surface area contributed by atoms with Crippen molar-refractivity contribution in [3.05, 3.63) is 34.9 Å². The van der Waals surface area contributed by atoms with Gasteiger partial charge in [0.2, 0.25) is 0 Å². The minimum atomic E-state index is 0.204. The molecule has 20 heavy (non-hydrogen) atoms. The Labute approximate surface area is 127 Å². The van der Waals surface area contributed by atoms with Gasteiger partial charge < -0.3 is 5.73 Å². The average molecular weight is 293 g/mol. The Morgan fingerprint density at radius 2 is 1.85 bits per heavy atom. The summed E-state index contributed by atoms with van der Waals surface area (Å²) in [6.07, 6.45) is 6.50. The molecule has 0 bridgehead atoms. The summed E-state index contributed by atoms with van der Waals surface area (Å²) in [7, 11) is 0. The highest BCUT2D eigenvalue weighted by Gasteiger charge is 2.39. The molecule has 0 aromatic heterocycles. The molecule has 0 saturated heterocycles. The third-order valence-electron chi connectivity index (χ3n) is 4.63. The van der Waals surface area contributed by atoms with Gasteiger partial charge in [0.25, 0.3) is 0 Å². The SMILES string of the molecule is CCC(N)C(c1ccc(Cl)cc1)N(CC1CC1)C1CC1. The molecule has 1 aromatic rings. The zero-order valence-electron chi connectivity index (χ0n) is 12.3. The highest BCUT2D eigenvalue weighted by Crippen LogP contribution is 2.41. The number of nitrogens with zero attached hydrogens (tertiary/aromatic N) is 1. The normalized spacial score (nSPS) is 22.0. The van der Waals surface area contributed by atoms with E-state index in [1.165, 1.54) is 37.8 Å². The molecule has 3 rings (SSSR count). The number of rotatable bonds is 7. The second-order valence-electron chi connectivity index (χ2n) is 6.44. The Morgan fingerprint density at radius 1 is 1.20 bits per heavy atom. The molecular formula is C17H25ClN2. The molecule has 0 heterocycles. The van der Waals surface area contributed by atoms with Gasteiger partial charge in [0, 0.05) is 23.7 Å². The van der Waals surface area contributed by atoms with Crippen LogP contribution in [0.25, 0.3) is 0 Å². The molecule has 0 amide bonds. The van der Waals surface area contributed by atoms with Gasteiger partial charge in [-0.2, -0.15) is 0 Å². The third-order valence-corrected chi connectivity index (χ3v) is 4.88. The summed E-state index contributed by atoms with van der Waals surface area (Å²) >= 11 is 6.03. The Morgan fingerprint density at radius 3 is 2.35 bits per heavy atom. The number of halogens is 1. The van der Waals surface area contributed by atoms with E-state index in [1.54, 1.807) is 0 Å². The molecule has 2 nitrogen and oxygen atoms in total. The van der Waals surface area contributed by atoms with Gasteiger partial charge in [-0.3, -0.25) is 4.90 Å². The van der Waals surface area contributed by atoms with Gasteiger partial charge in [-0.15, -0.1) is 0 Å². The van der Waals surface area contributed by atoms with Crippen molar-refractivity contribution < 1.29 is 0 Å². The van der Waals surface area contributed by atoms with Crippen molar-refractivity contribution in [2.75, 3.05) is 6.54 Å². The van der Waals surface area contributed by atoms with E-state index in [0.717, 1.165) is 23.4 Å². The molecule has 1 aromatic carbocycles. The first-order chi connectivity index (χ1) is 9.69. The van der Waals surface area contributed by atoms with Gasteiger partial charge in [-0.1, -0.05) is 30.7 Å². The Balaban J connectivity index is 1.84. The van der Waals surface area contributed by atoms with Crippen LogP contribution in [0, 0.1) is 5.92 Å². The van der Waals surface area contributed by atoms with E-state index >= 15 is 0 Å². The van der Waals surface area contributed by atoms with Crippen molar-refractivity contribution in [3.63, 3.8) is 0 Å². The zero-order chi connectivity index (χ0) is 14.1. The van der Waals surface area contributed by atoms with Crippen molar-refractivity contribution in [1.29, 1.82) is 0 Å². The van der Waals surface area contributed by atoms with Gasteiger partial charge in [0.1, 0.15) is 0 Å². The average Bonchev–Trinajstić information content (AvgIpc) is 3.32. The van der Waals surface area contributed by atoms with Crippen LogP contribution in [0.2, 0.25) is 5.02 Å². The van der Waals surface area contributed by atoms with E-state index in [9.17, 15) is 0 Å². The van der Waals surface area contributed by atoms with Crippen molar-refractivity contribution in [1.82, 2.24) is 4.90 Å². The fourth-order valence-electron chi connectivity index (χ4n) is 3.06. The molecule has 2 atom stereocenters. The molecule has 2 saturated carbocycles. The Kier molecular flexibility index (Phi) is 4.34. The van der Waals surface area contributed by atoms with Crippen LogP contribution in [0.3, 0.4) is 0 Å². The quantitative estimate of drug-likeness (QED) is 0.823. The van der Waals surface area contributed by atoms with Crippen molar-refractivity contribution >= 4 is 11.6 Å². The highest BCUT2D eigenvalue weighted by molar-refractivity contribution is 6.30. The Hall–Kier alpha value is -0.570. The van der Waals surface area contributed by atoms with Crippen molar-refractivity contribution in [2.24, 2.45) is 11.7 Å². The molecule has 3 heteroatoms. The lowest BCUT2D eigenvalue weighted by molar-refractivity contribution is 0.152. The van der Waals surface area contributed by atoms with Crippen LogP contribution >= 0.6 is 11.6 Å². The van der Waals surface area contributed by atoms with Crippen LogP contribution in [-0.4, -0.2) is 23.5 Å². The predicted octanol–water partition coefficient (Wildman–Crippen LogP) is 3.99. The highest BCUT2D eigenvalue weighted by atomic mass is 35.5. The number of hydrogen-bond acceptors (Lipinski definition) is 2. The molecule has 0 spiro atoms. The van der Waals surface area contributed by atoms with Crippen LogP contribution in [0.1, 0.15) is 50.6 Å². The minimum absolute atomic E-state index is 0.204. The molecule has 2 unspecified atom stereocenters. The standard InChI is InChI=1S/C17H25ClN2/c1-2-16(19)17(13-5-7-14(18)8-6-13)20(15-9-10-15)11-12-3-4-12/h5-8,12,15-17H,2-4,9-11,19H2,1H3. The molecule has 0 radical (unpaired) electrons. The van der Waals surface area contributed by atoms with Gasteiger partial charge in [-0.25, -0.2) is 0 Å². The van der Waals surface area contributed by atoms with E-state index < -0.39 is 0 Å². The van der Waals surface area contributed by atoms with Gasteiger partial charge in [0.05, 0.1) is 6.04 Å². The summed E-state index contributed by atoms with van der Waals surface area (Å²) in [6, 6.07) is 9.62. The first-order valence-corrected chi connectivity index (χ1v) is 8.33. The maximum Gasteiger partial charge on any atom is 0.0502 e. The van der Waals surface area contributed by atoms with Crippen LogP contribution in [0.5, 0.6) is 0 Å². The van der Waals surface area contributed by atoms with E-state index in [4.69, 9.17) is 17.3 Å². The summed E-state index contributed by atoms with van der Waals surface area (Å²) in [4.78, 5) is 2.69. The maximum atomic E-state index is 6.48. The second kappa shape index (κ2) is 6.05. The van der Waals surface area contributed by atoms with Crippen LogP contribution in [0.15, 0.2) is 24.3 Å². The largest absolute Gasteiger partial charge is 0.326 e. The van der Waals surface area contributed by atoms with Crippen LogP contribution < -0.4 is 5.73 Å². The lowest BCUT2D eigenvalue weighted by atomic mass is 9.95. The van der Waals surface area contributed by atoms with E-state index in [0.29, 0.717) is 6.04 Å². The lowest BCUT2D eigenvalue weighted by Gasteiger charge is -2.36. The van der Waals surface area contributed by atoms with Gasteiger partial charge in [-0.05, 0) is 55.7 Å². The first kappa shape index (κ1) is 14.4. The first-order valence-electron chi connectivity index (χ1n) is 7.95. The zero-order valence-corrected chi connectivity index (χ0v) is 13.0. The summed E-state index contributed by atoms with van der Waals surface area (Å²) in [5, 5.41) is 0.803. The van der Waals surface area contributed by atoms with E-state index in [1.807, 2.05) is 12.1 Å². The van der Waals surface area contributed by atoms with Crippen LogP contribution in [-0.2, 0) is 0 Å². The minimum Gasteiger partial charge on any atom is -0.326 e. The number of nitrogens with two attached hydrogens (primary N) is 1. The molecular weight excluding hydrogens is 268 g/mol. The van der Waals surface area contributed by atoms with Gasteiger partial charge >= 0.3 is 0 Å². The summed E-state index contributed by atoms with van der Waals surface area (Å²) in [5.74, 6) is 0.912. The lowest BCUT2D eigenvalue weighted by Crippen LogP contribution is -2.43. The van der Waals surface area contributed by atoms with E-state index in [-0.39, 0.29) is 6.04 Å².